The van der Waals surface area contributed by atoms with Crippen molar-refractivity contribution in [3.05, 3.63) is 81.6 Å². The second-order valence-corrected chi connectivity index (χ2v) is 15.7. The SMILES string of the molecule is CC1=C(C)C(C)C([Si](C)(C)c2c(C(C)(C)C)ccc(-c3cccc4[cH-]ccc34)c2C)=C1C.[Zr]. The van der Waals surface area contributed by atoms with Gasteiger partial charge in [-0.2, -0.15) is 12.1 Å². The number of allylic oxidation sites excluding steroid dienone is 4. The standard InChI is InChI=1S/C31H39Si.Zr/c1-19-20(2)22(4)29(21(19)3)32(9,10)30-23(5)25(17-18-28(30)31(6,7)8)27-16-12-14-24-13-11-15-26(24)27;/h11-18,21H,1-10H3;/q-1;. The zero-order valence-electron chi connectivity index (χ0n) is 22.2. The van der Waals surface area contributed by atoms with Crippen LogP contribution in [0.3, 0.4) is 0 Å². The fourth-order valence-electron chi connectivity index (χ4n) is 6.34. The molecule has 1 unspecified atom stereocenters. The van der Waals surface area contributed by atoms with E-state index in [1.165, 1.54) is 38.6 Å². The summed E-state index contributed by atoms with van der Waals surface area (Å²) < 4.78 is 0. The molecule has 0 saturated heterocycles. The fourth-order valence-corrected chi connectivity index (χ4v) is 11.2. The van der Waals surface area contributed by atoms with Gasteiger partial charge in [-0.1, -0.05) is 80.9 Å². The van der Waals surface area contributed by atoms with Crippen LogP contribution in [0.4, 0.5) is 0 Å². The average Bonchev–Trinajstić information content (AvgIpc) is 3.26. The van der Waals surface area contributed by atoms with E-state index >= 15 is 0 Å². The summed E-state index contributed by atoms with van der Waals surface area (Å²) in [5.41, 5.74) is 10.5. The van der Waals surface area contributed by atoms with Crippen molar-refractivity contribution in [3.63, 3.8) is 0 Å². The molecule has 0 aliphatic heterocycles. The van der Waals surface area contributed by atoms with Crippen LogP contribution in [0, 0.1) is 12.8 Å². The van der Waals surface area contributed by atoms with Crippen LogP contribution < -0.4 is 5.19 Å². The minimum absolute atomic E-state index is 0. The topological polar surface area (TPSA) is 0 Å². The van der Waals surface area contributed by atoms with Crippen LogP contribution in [-0.2, 0) is 31.6 Å². The van der Waals surface area contributed by atoms with Gasteiger partial charge in [0.2, 0.25) is 0 Å². The normalized spacial score (nSPS) is 17.2. The number of rotatable bonds is 3. The third kappa shape index (κ3) is 4.17. The van der Waals surface area contributed by atoms with Crippen molar-refractivity contribution in [1.29, 1.82) is 0 Å². The Labute approximate surface area is 221 Å². The van der Waals surface area contributed by atoms with E-state index in [1.54, 1.807) is 21.5 Å². The van der Waals surface area contributed by atoms with Gasteiger partial charge < -0.3 is 0 Å². The van der Waals surface area contributed by atoms with Gasteiger partial charge in [-0.05, 0) is 66.5 Å². The van der Waals surface area contributed by atoms with Crippen LogP contribution in [-0.4, -0.2) is 8.07 Å². The summed E-state index contributed by atoms with van der Waals surface area (Å²) in [5.74, 6) is 0.547. The van der Waals surface area contributed by atoms with Crippen molar-refractivity contribution < 1.29 is 26.2 Å². The van der Waals surface area contributed by atoms with Gasteiger partial charge in [0.05, 0.1) is 0 Å². The smallest absolute Gasteiger partial charge is 0.109 e. The first-order chi connectivity index (χ1) is 14.9. The first-order valence-corrected chi connectivity index (χ1v) is 15.1. The molecule has 0 bridgehead atoms. The summed E-state index contributed by atoms with van der Waals surface area (Å²) in [7, 11) is -1.93. The summed E-state index contributed by atoms with van der Waals surface area (Å²) in [6.45, 7) is 24.2. The molecule has 3 aromatic carbocycles. The predicted molar refractivity (Wildman–Crippen MR) is 146 cm³/mol. The van der Waals surface area contributed by atoms with Crippen molar-refractivity contribution in [1.82, 2.24) is 0 Å². The van der Waals surface area contributed by atoms with Gasteiger partial charge in [-0.3, -0.25) is 0 Å². The third-order valence-corrected chi connectivity index (χ3v) is 12.2. The minimum Gasteiger partial charge on any atom is -0.168 e. The molecule has 0 spiro atoms. The van der Waals surface area contributed by atoms with Crippen molar-refractivity contribution in [2.24, 2.45) is 5.92 Å². The van der Waals surface area contributed by atoms with Crippen molar-refractivity contribution in [2.75, 3.05) is 0 Å². The zero-order valence-corrected chi connectivity index (χ0v) is 25.7. The largest absolute Gasteiger partial charge is 0.168 e. The first kappa shape index (κ1) is 26.2. The van der Waals surface area contributed by atoms with E-state index < -0.39 is 8.07 Å². The molecule has 1 atom stereocenters. The molecular formula is C31H39SiZr-. The van der Waals surface area contributed by atoms with E-state index in [4.69, 9.17) is 0 Å². The van der Waals surface area contributed by atoms with Crippen LogP contribution in [0.2, 0.25) is 13.1 Å². The summed E-state index contributed by atoms with van der Waals surface area (Å²) in [5, 5.41) is 6.07. The predicted octanol–water partition coefficient (Wildman–Crippen LogP) is 8.59. The van der Waals surface area contributed by atoms with Gasteiger partial charge in [0.15, 0.2) is 0 Å². The van der Waals surface area contributed by atoms with Crippen LogP contribution in [0.1, 0.15) is 59.6 Å². The molecule has 33 heavy (non-hydrogen) atoms. The molecule has 2 heteroatoms. The van der Waals surface area contributed by atoms with E-state index in [-0.39, 0.29) is 31.6 Å². The molecule has 0 heterocycles. The molecule has 0 N–H and O–H groups in total. The molecule has 1 aliphatic rings. The van der Waals surface area contributed by atoms with Crippen molar-refractivity contribution >= 4 is 24.0 Å². The summed E-state index contributed by atoms with van der Waals surface area (Å²) in [6, 6.07) is 18.2. The quantitative estimate of drug-likeness (QED) is 0.235. The van der Waals surface area contributed by atoms with Gasteiger partial charge in [-0.25, -0.2) is 0 Å². The minimum atomic E-state index is -1.93. The molecular weight excluding hydrogens is 492 g/mol. The maximum atomic E-state index is 2.60. The molecule has 4 rings (SSSR count). The monoisotopic (exact) mass is 529 g/mol. The van der Waals surface area contributed by atoms with E-state index in [2.05, 4.69) is 117 Å². The van der Waals surface area contributed by atoms with E-state index in [0.717, 1.165) is 0 Å². The Hall–Kier alpha value is -1.37. The second kappa shape index (κ2) is 9.01. The number of hydrogen-bond donors (Lipinski definition) is 0. The summed E-state index contributed by atoms with van der Waals surface area (Å²) >= 11 is 0. The Morgan fingerprint density at radius 2 is 1.52 bits per heavy atom. The first-order valence-electron chi connectivity index (χ1n) is 12.1. The summed E-state index contributed by atoms with van der Waals surface area (Å²) in [4.78, 5) is 0. The number of fused-ring (bicyclic) bond motifs is 1. The Balaban J connectivity index is 0.00000306. The zero-order chi connectivity index (χ0) is 23.6. The van der Waals surface area contributed by atoms with Gasteiger partial charge in [0.1, 0.15) is 8.07 Å². The summed E-state index contributed by atoms with van der Waals surface area (Å²) in [6.07, 6.45) is 0. The van der Waals surface area contributed by atoms with Gasteiger partial charge >= 0.3 is 0 Å². The Morgan fingerprint density at radius 1 is 0.848 bits per heavy atom. The number of hydrogen-bond acceptors (Lipinski definition) is 0. The van der Waals surface area contributed by atoms with E-state index in [0.29, 0.717) is 5.92 Å². The Kier molecular flexibility index (Phi) is 7.16. The maximum Gasteiger partial charge on any atom is 0.109 e. The molecule has 0 fully saturated rings. The van der Waals surface area contributed by atoms with Crippen LogP contribution in [0.5, 0.6) is 0 Å². The van der Waals surface area contributed by atoms with E-state index in [1.807, 2.05) is 0 Å². The van der Waals surface area contributed by atoms with E-state index in [9.17, 15) is 0 Å². The molecule has 1 aliphatic carbocycles. The van der Waals surface area contributed by atoms with Crippen LogP contribution >= 0.6 is 0 Å². The molecule has 0 amide bonds. The molecule has 0 radical (unpaired) electrons. The molecule has 0 aromatic heterocycles. The second-order valence-electron chi connectivity index (χ2n) is 11.4. The van der Waals surface area contributed by atoms with Crippen LogP contribution in [0.25, 0.3) is 21.9 Å². The maximum absolute atomic E-state index is 2.60. The van der Waals surface area contributed by atoms with Gasteiger partial charge in [-0.15, -0.1) is 29.0 Å². The molecule has 3 aromatic rings. The molecule has 0 nitrogen and oxygen atoms in total. The van der Waals surface area contributed by atoms with Crippen molar-refractivity contribution in [3.8, 4) is 11.1 Å². The van der Waals surface area contributed by atoms with Crippen molar-refractivity contribution in [2.45, 2.75) is 73.9 Å². The Bertz CT molecular complexity index is 1270. The third-order valence-electron chi connectivity index (χ3n) is 8.18. The van der Waals surface area contributed by atoms with Crippen LogP contribution in [0.15, 0.2) is 70.4 Å². The number of benzene rings is 2. The van der Waals surface area contributed by atoms with Gasteiger partial charge in [0, 0.05) is 26.2 Å². The molecule has 0 saturated carbocycles. The molecule has 172 valence electrons. The Morgan fingerprint density at radius 3 is 2.09 bits per heavy atom. The average molecular weight is 531 g/mol. The van der Waals surface area contributed by atoms with Gasteiger partial charge in [0.25, 0.3) is 0 Å². The fraction of sp³-hybridized carbons (Fsp3) is 0.387.